The molecule has 1 heterocycles. The minimum absolute atomic E-state index is 0.0303. The summed E-state index contributed by atoms with van der Waals surface area (Å²) in [5.41, 5.74) is 0.748. The number of hydrogen-bond donors (Lipinski definition) is 0. The van der Waals surface area contributed by atoms with Crippen LogP contribution in [0.5, 0.6) is 0 Å². The summed E-state index contributed by atoms with van der Waals surface area (Å²) in [5, 5.41) is 0.576. The van der Waals surface area contributed by atoms with Crippen molar-refractivity contribution in [1.29, 1.82) is 0 Å². The lowest BCUT2D eigenvalue weighted by Gasteiger charge is -2.14. The minimum atomic E-state index is -0.0303. The fourth-order valence-corrected chi connectivity index (χ4v) is 2.55. The van der Waals surface area contributed by atoms with Crippen molar-refractivity contribution in [2.45, 2.75) is 0 Å². The number of anilines is 1. The maximum atomic E-state index is 11.5. The number of benzene rings is 1. The summed E-state index contributed by atoms with van der Waals surface area (Å²) in [6.45, 7) is 0. The van der Waals surface area contributed by atoms with Crippen LogP contribution in [0.15, 0.2) is 24.3 Å². The molecule has 0 N–H and O–H groups in total. The normalized spacial score (nSPS) is 16.5. The quantitative estimate of drug-likeness (QED) is 0.706. The van der Waals surface area contributed by atoms with Crippen molar-refractivity contribution >= 4 is 51.5 Å². The van der Waals surface area contributed by atoms with Crippen LogP contribution >= 0.6 is 35.6 Å². The second-order valence-electron chi connectivity index (χ2n) is 2.76. The highest BCUT2D eigenvalue weighted by atomic mass is 35.5. The summed E-state index contributed by atoms with van der Waals surface area (Å²) >= 11 is 12.1. The first-order valence-electron chi connectivity index (χ1n) is 3.94. The number of carbonyl (C=O) groups excluding carboxylic acids is 1. The van der Waals surface area contributed by atoms with Gasteiger partial charge in [0.25, 0.3) is 5.24 Å². The lowest BCUT2D eigenvalue weighted by atomic mass is 10.3. The Hall–Kier alpha value is -0.580. The first-order chi connectivity index (χ1) is 6.68. The second kappa shape index (κ2) is 3.88. The molecule has 0 aliphatic carbocycles. The summed E-state index contributed by atoms with van der Waals surface area (Å²) < 4.78 is 0. The molecule has 0 radical (unpaired) electrons. The Bertz CT molecular complexity index is 392. The van der Waals surface area contributed by atoms with Crippen LogP contribution in [0.3, 0.4) is 0 Å². The second-order valence-corrected chi connectivity index (χ2v) is 4.60. The van der Waals surface area contributed by atoms with Crippen LogP contribution in [0.1, 0.15) is 0 Å². The topological polar surface area (TPSA) is 20.3 Å². The van der Waals surface area contributed by atoms with Crippen molar-refractivity contribution in [2.75, 3.05) is 10.7 Å². The zero-order chi connectivity index (χ0) is 10.1. The third-order valence-electron chi connectivity index (χ3n) is 1.82. The largest absolute Gasteiger partial charge is 0.291 e. The number of carbonyl (C=O) groups is 1. The molecule has 0 bridgehead atoms. The molecule has 1 aliphatic heterocycles. The van der Waals surface area contributed by atoms with Gasteiger partial charge in [-0.2, -0.15) is 0 Å². The van der Waals surface area contributed by atoms with Crippen LogP contribution in [0, 0.1) is 0 Å². The fraction of sp³-hybridized carbons (Fsp3) is 0.111. The van der Waals surface area contributed by atoms with Gasteiger partial charge < -0.3 is 0 Å². The highest BCUT2D eigenvalue weighted by Gasteiger charge is 2.27. The van der Waals surface area contributed by atoms with Crippen LogP contribution in [-0.2, 0) is 0 Å². The molecule has 1 aromatic rings. The SMILES string of the molecule is O=C1SCC(=S)N1c1cccc(Cl)c1. The highest BCUT2D eigenvalue weighted by molar-refractivity contribution is 8.16. The Morgan fingerprint density at radius 1 is 1.50 bits per heavy atom. The van der Waals surface area contributed by atoms with E-state index < -0.39 is 0 Å². The van der Waals surface area contributed by atoms with E-state index in [1.54, 1.807) is 18.2 Å². The van der Waals surface area contributed by atoms with Crippen molar-refractivity contribution in [2.24, 2.45) is 0 Å². The summed E-state index contributed by atoms with van der Waals surface area (Å²) in [5.74, 6) is 0.584. The van der Waals surface area contributed by atoms with Gasteiger partial charge in [0, 0.05) is 5.02 Å². The molecule has 0 saturated carbocycles. The molecule has 1 aromatic carbocycles. The van der Waals surface area contributed by atoms with Crippen LogP contribution in [0.25, 0.3) is 0 Å². The van der Waals surface area contributed by atoms with E-state index in [2.05, 4.69) is 0 Å². The maximum Gasteiger partial charge on any atom is 0.291 e. The van der Waals surface area contributed by atoms with Gasteiger partial charge in [0.05, 0.1) is 11.4 Å². The number of nitrogens with zero attached hydrogens (tertiary/aromatic N) is 1. The maximum absolute atomic E-state index is 11.5. The number of rotatable bonds is 1. The number of hydrogen-bond acceptors (Lipinski definition) is 3. The van der Waals surface area contributed by atoms with E-state index in [0.29, 0.717) is 15.8 Å². The van der Waals surface area contributed by atoms with E-state index in [4.69, 9.17) is 23.8 Å². The molecule has 72 valence electrons. The smallest absolute Gasteiger partial charge is 0.265 e. The van der Waals surface area contributed by atoms with Gasteiger partial charge in [-0.05, 0) is 18.2 Å². The van der Waals surface area contributed by atoms with Gasteiger partial charge in [0.1, 0.15) is 4.99 Å². The molecule has 2 rings (SSSR count). The monoisotopic (exact) mass is 243 g/mol. The van der Waals surface area contributed by atoms with E-state index in [-0.39, 0.29) is 5.24 Å². The molecule has 1 saturated heterocycles. The van der Waals surface area contributed by atoms with Crippen molar-refractivity contribution in [3.63, 3.8) is 0 Å². The zero-order valence-corrected chi connectivity index (χ0v) is 9.46. The van der Waals surface area contributed by atoms with Gasteiger partial charge in [-0.3, -0.25) is 9.69 Å². The lowest BCUT2D eigenvalue weighted by molar-refractivity contribution is 0.268. The summed E-state index contributed by atoms with van der Waals surface area (Å²) in [4.78, 5) is 13.6. The first-order valence-corrected chi connectivity index (χ1v) is 5.71. The van der Waals surface area contributed by atoms with E-state index in [9.17, 15) is 4.79 Å². The van der Waals surface area contributed by atoms with E-state index >= 15 is 0 Å². The molecule has 0 unspecified atom stereocenters. The average Bonchev–Trinajstić information content (AvgIpc) is 2.46. The molecule has 0 spiro atoms. The van der Waals surface area contributed by atoms with Crippen LogP contribution in [0.4, 0.5) is 10.5 Å². The molecule has 14 heavy (non-hydrogen) atoms. The van der Waals surface area contributed by atoms with Crippen LogP contribution in [-0.4, -0.2) is 16.0 Å². The standard InChI is InChI=1S/C9H6ClNOS2/c10-6-2-1-3-7(4-6)11-8(13)5-14-9(11)12/h1-4H,5H2. The van der Waals surface area contributed by atoms with Gasteiger partial charge in [-0.15, -0.1) is 0 Å². The average molecular weight is 244 g/mol. The van der Waals surface area contributed by atoms with E-state index in [1.807, 2.05) is 6.07 Å². The van der Waals surface area contributed by atoms with Crippen LogP contribution < -0.4 is 4.90 Å². The highest BCUT2D eigenvalue weighted by Crippen LogP contribution is 2.28. The Morgan fingerprint density at radius 3 is 2.86 bits per heavy atom. The Balaban J connectivity index is 2.39. The summed E-state index contributed by atoms with van der Waals surface area (Å²) in [6, 6.07) is 7.12. The Labute approximate surface area is 96.2 Å². The Morgan fingerprint density at radius 2 is 2.29 bits per heavy atom. The molecule has 1 amide bonds. The molecule has 0 aromatic heterocycles. The van der Waals surface area contributed by atoms with Gasteiger partial charge >= 0.3 is 0 Å². The van der Waals surface area contributed by atoms with Crippen molar-refractivity contribution in [3.8, 4) is 0 Å². The third kappa shape index (κ3) is 1.78. The molecule has 1 fully saturated rings. The number of thiocarbonyl (C=S) groups is 1. The molecule has 5 heteroatoms. The number of halogens is 1. The number of amides is 1. The minimum Gasteiger partial charge on any atom is -0.265 e. The van der Waals surface area contributed by atoms with Crippen molar-refractivity contribution < 1.29 is 4.79 Å². The molecular formula is C9H6ClNOS2. The van der Waals surface area contributed by atoms with Gasteiger partial charge in [0.15, 0.2) is 0 Å². The molecular weight excluding hydrogens is 238 g/mol. The zero-order valence-electron chi connectivity index (χ0n) is 7.07. The van der Waals surface area contributed by atoms with Gasteiger partial charge in [-0.1, -0.05) is 41.6 Å². The molecule has 1 aliphatic rings. The number of thioether (sulfide) groups is 1. The van der Waals surface area contributed by atoms with Gasteiger partial charge in [-0.25, -0.2) is 0 Å². The molecule has 2 nitrogen and oxygen atoms in total. The van der Waals surface area contributed by atoms with Gasteiger partial charge in [0.2, 0.25) is 0 Å². The van der Waals surface area contributed by atoms with Crippen molar-refractivity contribution in [3.05, 3.63) is 29.3 Å². The molecule has 0 atom stereocenters. The predicted octanol–water partition coefficient (Wildman–Crippen LogP) is 3.34. The summed E-state index contributed by atoms with van der Waals surface area (Å²) in [7, 11) is 0. The predicted molar refractivity (Wildman–Crippen MR) is 64.4 cm³/mol. The van der Waals surface area contributed by atoms with E-state index in [1.165, 1.54) is 16.7 Å². The first kappa shape index (κ1) is 9.96. The fourth-order valence-electron chi connectivity index (χ4n) is 1.22. The lowest BCUT2D eigenvalue weighted by Crippen LogP contribution is -2.26. The Kier molecular flexibility index (Phi) is 2.76. The van der Waals surface area contributed by atoms with Crippen LogP contribution in [0.2, 0.25) is 5.02 Å². The third-order valence-corrected chi connectivity index (χ3v) is 3.41. The van der Waals surface area contributed by atoms with Crippen molar-refractivity contribution in [1.82, 2.24) is 0 Å². The summed E-state index contributed by atoms with van der Waals surface area (Å²) in [6.07, 6.45) is 0. The van der Waals surface area contributed by atoms with E-state index in [0.717, 1.165) is 5.69 Å².